The first-order valence-corrected chi connectivity index (χ1v) is 6.86. The third kappa shape index (κ3) is 5.86. The topological polar surface area (TPSA) is 29.5 Å². The first-order valence-electron chi connectivity index (χ1n) is 6.86. The minimum Gasteiger partial charge on any atom is -0.393 e. The molecule has 0 aliphatic carbocycles. The largest absolute Gasteiger partial charge is 0.393 e. The van der Waals surface area contributed by atoms with Crippen molar-refractivity contribution >= 4 is 0 Å². The molecule has 2 nitrogen and oxygen atoms in total. The van der Waals surface area contributed by atoms with Crippen molar-refractivity contribution in [1.82, 2.24) is 0 Å². The average molecular weight is 230 g/mol. The summed E-state index contributed by atoms with van der Waals surface area (Å²) >= 11 is 0. The molecule has 0 aliphatic heterocycles. The SMILES string of the molecule is CCOC(CC)CCC(C(C)C)C(O)CC. The number of hydrogen-bond donors (Lipinski definition) is 1. The Morgan fingerprint density at radius 3 is 2.00 bits per heavy atom. The Kier molecular flexibility index (Phi) is 8.96. The summed E-state index contributed by atoms with van der Waals surface area (Å²) in [5, 5.41) is 9.96. The van der Waals surface area contributed by atoms with Crippen LogP contribution in [0.15, 0.2) is 0 Å². The van der Waals surface area contributed by atoms with Gasteiger partial charge in [0, 0.05) is 6.61 Å². The van der Waals surface area contributed by atoms with E-state index < -0.39 is 0 Å². The highest BCUT2D eigenvalue weighted by Gasteiger charge is 2.22. The van der Waals surface area contributed by atoms with Crippen LogP contribution in [0, 0.1) is 11.8 Å². The number of hydrogen-bond acceptors (Lipinski definition) is 2. The van der Waals surface area contributed by atoms with Crippen LogP contribution in [0.25, 0.3) is 0 Å². The molecule has 0 fully saturated rings. The first kappa shape index (κ1) is 15.9. The van der Waals surface area contributed by atoms with Gasteiger partial charge in [0.25, 0.3) is 0 Å². The Bertz CT molecular complexity index is 157. The van der Waals surface area contributed by atoms with Crippen molar-refractivity contribution < 1.29 is 9.84 Å². The highest BCUT2D eigenvalue weighted by atomic mass is 16.5. The molecule has 0 aromatic carbocycles. The van der Waals surface area contributed by atoms with Crippen LogP contribution in [0.5, 0.6) is 0 Å². The van der Waals surface area contributed by atoms with Crippen LogP contribution in [-0.2, 0) is 4.74 Å². The highest BCUT2D eigenvalue weighted by molar-refractivity contribution is 4.72. The van der Waals surface area contributed by atoms with Gasteiger partial charge in [0.05, 0.1) is 12.2 Å². The van der Waals surface area contributed by atoms with Crippen LogP contribution in [0.3, 0.4) is 0 Å². The van der Waals surface area contributed by atoms with E-state index in [1.807, 2.05) is 6.92 Å². The van der Waals surface area contributed by atoms with E-state index in [0.29, 0.717) is 17.9 Å². The molecule has 3 atom stereocenters. The van der Waals surface area contributed by atoms with Crippen molar-refractivity contribution in [3.05, 3.63) is 0 Å². The molecule has 1 N–H and O–H groups in total. The van der Waals surface area contributed by atoms with Crippen LogP contribution in [0.4, 0.5) is 0 Å². The van der Waals surface area contributed by atoms with Gasteiger partial charge in [-0.05, 0) is 44.4 Å². The van der Waals surface area contributed by atoms with Gasteiger partial charge < -0.3 is 9.84 Å². The van der Waals surface area contributed by atoms with Gasteiger partial charge in [-0.1, -0.05) is 27.7 Å². The van der Waals surface area contributed by atoms with Gasteiger partial charge in [-0.3, -0.25) is 0 Å². The first-order chi connectivity index (χ1) is 7.56. The molecular weight excluding hydrogens is 200 g/mol. The molecule has 16 heavy (non-hydrogen) atoms. The Morgan fingerprint density at radius 1 is 1.00 bits per heavy atom. The van der Waals surface area contributed by atoms with Gasteiger partial charge in [-0.2, -0.15) is 0 Å². The molecule has 0 saturated heterocycles. The van der Waals surface area contributed by atoms with E-state index in [4.69, 9.17) is 4.74 Å². The van der Waals surface area contributed by atoms with Crippen LogP contribution in [0.2, 0.25) is 0 Å². The van der Waals surface area contributed by atoms with E-state index in [0.717, 1.165) is 32.3 Å². The fourth-order valence-electron chi connectivity index (χ4n) is 2.29. The molecule has 0 spiro atoms. The second-order valence-electron chi connectivity index (χ2n) is 4.95. The maximum Gasteiger partial charge on any atom is 0.0572 e. The van der Waals surface area contributed by atoms with Crippen molar-refractivity contribution in [3.8, 4) is 0 Å². The molecule has 98 valence electrons. The van der Waals surface area contributed by atoms with Gasteiger partial charge in [-0.25, -0.2) is 0 Å². The molecule has 0 aliphatic rings. The van der Waals surface area contributed by atoms with Crippen LogP contribution in [0.1, 0.15) is 60.3 Å². The summed E-state index contributed by atoms with van der Waals surface area (Å²) in [6.45, 7) is 11.5. The molecule has 0 radical (unpaired) electrons. The average Bonchev–Trinajstić information content (AvgIpc) is 2.26. The zero-order chi connectivity index (χ0) is 12.6. The maximum atomic E-state index is 9.96. The predicted octanol–water partition coefficient (Wildman–Crippen LogP) is 3.62. The molecule has 2 heteroatoms. The number of aliphatic hydroxyl groups excluding tert-OH is 1. The zero-order valence-corrected chi connectivity index (χ0v) is 11.7. The zero-order valence-electron chi connectivity index (χ0n) is 11.7. The monoisotopic (exact) mass is 230 g/mol. The van der Waals surface area contributed by atoms with E-state index >= 15 is 0 Å². The lowest BCUT2D eigenvalue weighted by Crippen LogP contribution is -2.26. The second kappa shape index (κ2) is 9.00. The van der Waals surface area contributed by atoms with E-state index in [1.54, 1.807) is 0 Å². The van der Waals surface area contributed by atoms with Crippen molar-refractivity contribution in [2.24, 2.45) is 11.8 Å². The van der Waals surface area contributed by atoms with Crippen molar-refractivity contribution in [2.45, 2.75) is 72.5 Å². The molecule has 3 unspecified atom stereocenters. The minimum atomic E-state index is -0.154. The van der Waals surface area contributed by atoms with Gasteiger partial charge in [0.2, 0.25) is 0 Å². The van der Waals surface area contributed by atoms with Gasteiger partial charge in [-0.15, -0.1) is 0 Å². The standard InChI is InChI=1S/C14H30O2/c1-6-12(16-8-3)9-10-13(11(4)5)14(15)7-2/h11-15H,6-10H2,1-5H3. The molecule has 0 saturated carbocycles. The molecule has 0 heterocycles. The minimum absolute atomic E-state index is 0.154. The fraction of sp³-hybridized carbons (Fsp3) is 1.00. The van der Waals surface area contributed by atoms with Crippen LogP contribution < -0.4 is 0 Å². The summed E-state index contributed by atoms with van der Waals surface area (Å²) in [5.41, 5.74) is 0. The summed E-state index contributed by atoms with van der Waals surface area (Å²) in [7, 11) is 0. The number of rotatable bonds is 9. The lowest BCUT2D eigenvalue weighted by atomic mass is 9.84. The maximum absolute atomic E-state index is 9.96. The Morgan fingerprint density at radius 2 is 1.62 bits per heavy atom. The van der Waals surface area contributed by atoms with E-state index in [1.165, 1.54) is 0 Å². The van der Waals surface area contributed by atoms with E-state index in [-0.39, 0.29) is 6.10 Å². The third-order valence-electron chi connectivity index (χ3n) is 3.45. The summed E-state index contributed by atoms with van der Waals surface area (Å²) in [6, 6.07) is 0. The van der Waals surface area contributed by atoms with Crippen LogP contribution >= 0.6 is 0 Å². The van der Waals surface area contributed by atoms with E-state index in [2.05, 4.69) is 27.7 Å². The normalized spacial score (nSPS) is 17.4. The number of ether oxygens (including phenoxy) is 1. The Labute approximate surface area is 101 Å². The second-order valence-corrected chi connectivity index (χ2v) is 4.95. The quantitative estimate of drug-likeness (QED) is 0.655. The molecular formula is C14H30O2. The molecule has 0 aromatic rings. The van der Waals surface area contributed by atoms with Gasteiger partial charge >= 0.3 is 0 Å². The molecule has 0 aromatic heterocycles. The van der Waals surface area contributed by atoms with Crippen molar-refractivity contribution in [2.75, 3.05) is 6.61 Å². The summed E-state index contributed by atoms with van der Waals surface area (Å²) in [6.07, 6.45) is 4.29. The smallest absolute Gasteiger partial charge is 0.0572 e. The van der Waals surface area contributed by atoms with Crippen molar-refractivity contribution in [1.29, 1.82) is 0 Å². The summed E-state index contributed by atoms with van der Waals surface area (Å²) in [4.78, 5) is 0. The lowest BCUT2D eigenvalue weighted by Gasteiger charge is -2.27. The van der Waals surface area contributed by atoms with Gasteiger partial charge in [0.15, 0.2) is 0 Å². The Balaban J connectivity index is 4.09. The Hall–Kier alpha value is -0.0800. The molecule has 0 bridgehead atoms. The summed E-state index contributed by atoms with van der Waals surface area (Å²) in [5.74, 6) is 0.966. The fourth-order valence-corrected chi connectivity index (χ4v) is 2.29. The number of aliphatic hydroxyl groups is 1. The molecule has 0 rings (SSSR count). The summed E-state index contributed by atoms with van der Waals surface area (Å²) < 4.78 is 5.65. The van der Waals surface area contributed by atoms with Crippen molar-refractivity contribution in [3.63, 3.8) is 0 Å². The highest BCUT2D eigenvalue weighted by Crippen LogP contribution is 2.25. The predicted molar refractivity (Wildman–Crippen MR) is 69.6 cm³/mol. The molecule has 0 amide bonds. The van der Waals surface area contributed by atoms with E-state index in [9.17, 15) is 5.11 Å². The lowest BCUT2D eigenvalue weighted by molar-refractivity contribution is 0.0282. The van der Waals surface area contributed by atoms with Crippen LogP contribution in [-0.4, -0.2) is 23.9 Å². The third-order valence-corrected chi connectivity index (χ3v) is 3.45. The van der Waals surface area contributed by atoms with Gasteiger partial charge in [0.1, 0.15) is 0 Å².